The molecule has 1 aromatic rings. The van der Waals surface area contributed by atoms with E-state index in [1.807, 2.05) is 24.3 Å². The maximum Gasteiger partial charge on any atom is 0.220 e. The summed E-state index contributed by atoms with van der Waals surface area (Å²) < 4.78 is 22.9. The van der Waals surface area contributed by atoms with Crippen molar-refractivity contribution >= 4 is 5.91 Å². The van der Waals surface area contributed by atoms with E-state index in [1.165, 1.54) is 0 Å². The fraction of sp³-hybridized carbons (Fsp3) is 0.731. The normalized spacial score (nSPS) is 38.2. The van der Waals surface area contributed by atoms with Crippen LogP contribution in [0.4, 0.5) is 0 Å². The lowest BCUT2D eigenvalue weighted by atomic mass is 9.46. The number of carbonyl (C=O) groups is 1. The second-order valence-electron chi connectivity index (χ2n) is 10.5. The second-order valence-corrected chi connectivity index (χ2v) is 10.5. The van der Waals surface area contributed by atoms with Crippen LogP contribution in [0.2, 0.25) is 0 Å². The molecule has 1 aliphatic heterocycles. The molecular formula is C26H39NO6. The van der Waals surface area contributed by atoms with Crippen LogP contribution in [0.15, 0.2) is 24.3 Å². The summed E-state index contributed by atoms with van der Waals surface area (Å²) in [5.74, 6) is 0.958. The number of rotatable bonds is 7. The molecule has 0 bridgehead atoms. The molecule has 2 N–H and O–H groups in total. The zero-order valence-corrected chi connectivity index (χ0v) is 20.3. The minimum Gasteiger partial charge on any atom is -0.496 e. The summed E-state index contributed by atoms with van der Waals surface area (Å²) in [6.07, 6.45) is 3.09. The van der Waals surface area contributed by atoms with Gasteiger partial charge in [0.1, 0.15) is 5.75 Å². The molecule has 1 saturated heterocycles. The molecule has 1 aromatic carbocycles. The monoisotopic (exact) mass is 461 g/mol. The number of ether oxygens (including phenoxy) is 4. The predicted molar refractivity (Wildman–Crippen MR) is 124 cm³/mol. The molecule has 7 heteroatoms. The number of aliphatic hydroxyl groups is 1. The number of aliphatic hydroxyl groups excluding tert-OH is 1. The van der Waals surface area contributed by atoms with E-state index in [9.17, 15) is 9.90 Å². The van der Waals surface area contributed by atoms with Crippen LogP contribution in [-0.4, -0.2) is 56.9 Å². The highest BCUT2D eigenvalue weighted by Gasteiger charge is 2.61. The third kappa shape index (κ3) is 4.65. The number of amides is 1. The van der Waals surface area contributed by atoms with Crippen molar-refractivity contribution in [3.05, 3.63) is 29.8 Å². The van der Waals surface area contributed by atoms with Gasteiger partial charge in [-0.15, -0.1) is 0 Å². The largest absolute Gasteiger partial charge is 0.496 e. The maximum absolute atomic E-state index is 13.0. The van der Waals surface area contributed by atoms with Crippen molar-refractivity contribution in [2.24, 2.45) is 22.7 Å². The molecule has 3 aliphatic rings. The smallest absolute Gasteiger partial charge is 0.220 e. The van der Waals surface area contributed by atoms with E-state index in [0.717, 1.165) is 30.6 Å². The van der Waals surface area contributed by atoms with Crippen LogP contribution in [0.5, 0.6) is 5.75 Å². The molecule has 4 rings (SSSR count). The van der Waals surface area contributed by atoms with Gasteiger partial charge >= 0.3 is 0 Å². The minimum atomic E-state index is -0.477. The van der Waals surface area contributed by atoms with E-state index in [0.29, 0.717) is 38.5 Å². The Bertz CT molecular complexity index is 833. The van der Waals surface area contributed by atoms with Crippen LogP contribution in [0.1, 0.15) is 51.5 Å². The summed E-state index contributed by atoms with van der Waals surface area (Å²) in [6, 6.07) is 7.69. The summed E-state index contributed by atoms with van der Waals surface area (Å²) in [7, 11) is 3.29. The van der Waals surface area contributed by atoms with Gasteiger partial charge in [-0.25, -0.2) is 0 Å². The van der Waals surface area contributed by atoms with Crippen LogP contribution in [0.3, 0.4) is 0 Å². The molecule has 184 valence electrons. The summed E-state index contributed by atoms with van der Waals surface area (Å²) in [6.45, 7) is 5.99. The summed E-state index contributed by atoms with van der Waals surface area (Å²) in [5, 5.41) is 14.0. The maximum atomic E-state index is 13.0. The Morgan fingerprint density at radius 2 is 1.97 bits per heavy atom. The molecule has 7 nitrogen and oxygen atoms in total. The molecular weight excluding hydrogens is 422 g/mol. The Kier molecular flexibility index (Phi) is 7.34. The number of benzene rings is 1. The van der Waals surface area contributed by atoms with Crippen LogP contribution < -0.4 is 10.1 Å². The second kappa shape index (κ2) is 9.90. The van der Waals surface area contributed by atoms with Crippen LogP contribution in [-0.2, 0) is 25.5 Å². The number of methoxy groups -OCH3 is 2. The van der Waals surface area contributed by atoms with Crippen LogP contribution in [0.25, 0.3) is 0 Å². The number of nitrogens with one attached hydrogen (secondary N) is 1. The first-order chi connectivity index (χ1) is 15.8. The SMILES string of the molecule is COC[C@@H]1OC[C@@]2(C)[C@@H]3CC[C@@H](O)[C@@H](CC(=O)NCc4ccccc4OC)[C@]3(C)CC[C@@H]2O1. The van der Waals surface area contributed by atoms with Gasteiger partial charge in [-0.2, -0.15) is 0 Å². The Balaban J connectivity index is 1.45. The van der Waals surface area contributed by atoms with Gasteiger partial charge in [-0.3, -0.25) is 4.79 Å². The van der Waals surface area contributed by atoms with Crippen molar-refractivity contribution in [1.82, 2.24) is 5.32 Å². The number of hydrogen-bond acceptors (Lipinski definition) is 6. The Hall–Kier alpha value is -1.67. The Labute approximate surface area is 197 Å². The average Bonchev–Trinajstić information content (AvgIpc) is 2.80. The van der Waals surface area contributed by atoms with Crippen molar-refractivity contribution < 1.29 is 28.8 Å². The Morgan fingerprint density at radius 1 is 1.18 bits per heavy atom. The van der Waals surface area contributed by atoms with E-state index >= 15 is 0 Å². The Morgan fingerprint density at radius 3 is 2.73 bits per heavy atom. The van der Waals surface area contributed by atoms with E-state index in [-0.39, 0.29) is 35.0 Å². The fourth-order valence-electron chi connectivity index (χ4n) is 6.82. The molecule has 3 fully saturated rings. The van der Waals surface area contributed by atoms with Gasteiger partial charge < -0.3 is 29.4 Å². The number of carbonyl (C=O) groups excluding carboxylic acids is 1. The summed E-state index contributed by atoms with van der Waals surface area (Å²) >= 11 is 0. The van der Waals surface area contributed by atoms with E-state index in [4.69, 9.17) is 18.9 Å². The predicted octanol–water partition coefficient (Wildman–Crippen LogP) is 3.28. The van der Waals surface area contributed by atoms with Crippen molar-refractivity contribution in [3.8, 4) is 5.75 Å². The highest BCUT2D eigenvalue weighted by atomic mass is 16.7. The van der Waals surface area contributed by atoms with Gasteiger partial charge in [0.2, 0.25) is 5.91 Å². The lowest BCUT2D eigenvalue weighted by molar-refractivity contribution is -0.315. The third-order valence-corrected chi connectivity index (χ3v) is 8.61. The van der Waals surface area contributed by atoms with Crippen LogP contribution in [0, 0.1) is 22.7 Å². The topological polar surface area (TPSA) is 86.2 Å². The molecule has 2 aliphatic carbocycles. The molecule has 7 atom stereocenters. The quantitative estimate of drug-likeness (QED) is 0.648. The molecule has 0 spiro atoms. The van der Waals surface area contributed by atoms with Crippen molar-refractivity contribution in [3.63, 3.8) is 0 Å². The lowest BCUT2D eigenvalue weighted by Crippen LogP contribution is -2.63. The van der Waals surface area contributed by atoms with Gasteiger partial charge in [0, 0.05) is 31.1 Å². The van der Waals surface area contributed by atoms with Gasteiger partial charge in [0.25, 0.3) is 0 Å². The minimum absolute atomic E-state index is 0.0320. The van der Waals surface area contributed by atoms with Gasteiger partial charge in [-0.05, 0) is 49.0 Å². The average molecular weight is 462 g/mol. The summed E-state index contributed by atoms with van der Waals surface area (Å²) in [4.78, 5) is 13.0. The molecule has 1 amide bonds. The molecule has 1 heterocycles. The van der Waals surface area contributed by atoms with Gasteiger partial charge in [0.05, 0.1) is 32.5 Å². The number of hydrogen-bond donors (Lipinski definition) is 2. The zero-order chi connectivity index (χ0) is 23.6. The van der Waals surface area contributed by atoms with E-state index in [2.05, 4.69) is 19.2 Å². The van der Waals surface area contributed by atoms with Crippen molar-refractivity contribution in [2.45, 2.75) is 71.0 Å². The first kappa shape index (κ1) is 24.5. The fourth-order valence-corrected chi connectivity index (χ4v) is 6.82. The molecule has 2 saturated carbocycles. The van der Waals surface area contributed by atoms with Crippen molar-refractivity contribution in [1.29, 1.82) is 0 Å². The van der Waals surface area contributed by atoms with Gasteiger partial charge in [0.15, 0.2) is 6.29 Å². The highest BCUT2D eigenvalue weighted by molar-refractivity contribution is 5.76. The lowest BCUT2D eigenvalue weighted by Gasteiger charge is -2.62. The first-order valence-corrected chi connectivity index (χ1v) is 12.1. The molecule has 0 unspecified atom stereocenters. The number of para-hydroxylation sites is 1. The van der Waals surface area contributed by atoms with E-state index < -0.39 is 6.10 Å². The standard InChI is InChI=1S/C26H39NO6/c1-25-12-11-22-26(2,16-32-24(33-22)15-30-3)21(25)10-9-19(28)18(25)13-23(29)27-14-17-7-5-6-8-20(17)31-4/h5-8,18-19,21-22,24,28H,9-16H2,1-4H3,(H,27,29)/t18-,19-,21-,22+,24-,25+,26+/m1/s1. The first-order valence-electron chi connectivity index (χ1n) is 12.1. The van der Waals surface area contributed by atoms with E-state index in [1.54, 1.807) is 14.2 Å². The molecule has 33 heavy (non-hydrogen) atoms. The van der Waals surface area contributed by atoms with Crippen molar-refractivity contribution in [2.75, 3.05) is 27.4 Å². The van der Waals surface area contributed by atoms with Crippen LogP contribution >= 0.6 is 0 Å². The molecule has 0 aromatic heterocycles. The number of fused-ring (bicyclic) bond motifs is 3. The van der Waals surface area contributed by atoms with Gasteiger partial charge in [-0.1, -0.05) is 32.0 Å². The third-order valence-electron chi connectivity index (χ3n) is 8.61. The zero-order valence-electron chi connectivity index (χ0n) is 20.3. The molecule has 0 radical (unpaired) electrons. The summed E-state index contributed by atoms with van der Waals surface area (Å²) in [5.41, 5.74) is 0.659. The highest BCUT2D eigenvalue weighted by Crippen LogP contribution is 2.62.